The van der Waals surface area contributed by atoms with Gasteiger partial charge in [0.2, 0.25) is 0 Å². The number of nitrogens with one attached hydrogen (secondary N) is 1. The Morgan fingerprint density at radius 2 is 2.12 bits per heavy atom. The molecule has 2 rings (SSSR count). The van der Waals surface area contributed by atoms with Gasteiger partial charge in [-0.25, -0.2) is 4.79 Å². The van der Waals surface area contributed by atoms with Gasteiger partial charge in [0.15, 0.2) is 11.5 Å². The Morgan fingerprint density at radius 3 is 2.76 bits per heavy atom. The average Bonchev–Trinajstić information content (AvgIpc) is 3.02. The highest BCUT2D eigenvalue weighted by molar-refractivity contribution is 5.73. The lowest BCUT2D eigenvalue weighted by atomic mass is 10.2. The van der Waals surface area contributed by atoms with Crippen molar-refractivity contribution < 1.29 is 18.8 Å². The summed E-state index contributed by atoms with van der Waals surface area (Å²) in [4.78, 5) is 13.7. The van der Waals surface area contributed by atoms with Crippen LogP contribution < -0.4 is 14.8 Å². The van der Waals surface area contributed by atoms with Crippen LogP contribution in [-0.4, -0.2) is 36.9 Å². The SMILES string of the molecule is CCCOc1ccc(CNC(=O)N(C)Cc2cc(C)on2)cc1OC. The molecule has 0 aliphatic rings. The Morgan fingerprint density at radius 1 is 1.32 bits per heavy atom. The van der Waals surface area contributed by atoms with Crippen LogP contribution in [0.15, 0.2) is 28.8 Å². The lowest BCUT2D eigenvalue weighted by molar-refractivity contribution is 0.205. The van der Waals surface area contributed by atoms with E-state index < -0.39 is 0 Å². The standard InChI is InChI=1S/C18H25N3O4/c1-5-8-24-16-7-6-14(10-17(16)23-4)11-19-18(22)21(3)12-15-9-13(2)25-20-15/h6-7,9-10H,5,8,11-12H2,1-4H3,(H,19,22). The highest BCUT2D eigenvalue weighted by atomic mass is 16.5. The first kappa shape index (κ1) is 18.6. The van der Waals surface area contributed by atoms with Crippen LogP contribution in [0.5, 0.6) is 11.5 Å². The van der Waals surface area contributed by atoms with Gasteiger partial charge in [-0.15, -0.1) is 0 Å². The number of urea groups is 1. The van der Waals surface area contributed by atoms with E-state index >= 15 is 0 Å². The highest BCUT2D eigenvalue weighted by Crippen LogP contribution is 2.28. The van der Waals surface area contributed by atoms with Crippen molar-refractivity contribution in [3.8, 4) is 11.5 Å². The number of methoxy groups -OCH3 is 1. The molecule has 0 aliphatic carbocycles. The molecule has 2 amide bonds. The van der Waals surface area contributed by atoms with Crippen molar-refractivity contribution in [2.75, 3.05) is 20.8 Å². The number of hydrogen-bond acceptors (Lipinski definition) is 5. The fourth-order valence-electron chi connectivity index (χ4n) is 2.27. The minimum absolute atomic E-state index is 0.189. The fraction of sp³-hybridized carbons (Fsp3) is 0.444. The third-order valence-corrected chi connectivity index (χ3v) is 3.56. The second-order valence-corrected chi connectivity index (χ2v) is 5.78. The molecule has 1 heterocycles. The third kappa shape index (κ3) is 5.41. The number of ether oxygens (including phenoxy) is 2. The first-order valence-electron chi connectivity index (χ1n) is 8.24. The number of benzene rings is 1. The number of aromatic nitrogens is 1. The van der Waals surface area contributed by atoms with Crippen molar-refractivity contribution in [1.82, 2.24) is 15.4 Å². The van der Waals surface area contributed by atoms with Gasteiger partial charge in [0, 0.05) is 19.7 Å². The number of rotatable bonds is 8. The Kier molecular flexibility index (Phi) is 6.68. The van der Waals surface area contributed by atoms with E-state index in [1.54, 1.807) is 19.1 Å². The summed E-state index contributed by atoms with van der Waals surface area (Å²) in [7, 11) is 3.31. The fourth-order valence-corrected chi connectivity index (χ4v) is 2.27. The Hall–Kier alpha value is -2.70. The number of aryl methyl sites for hydroxylation is 1. The van der Waals surface area contributed by atoms with Crippen LogP contribution in [0.1, 0.15) is 30.4 Å². The summed E-state index contributed by atoms with van der Waals surface area (Å²) >= 11 is 0. The van der Waals surface area contributed by atoms with Crippen LogP contribution in [0.3, 0.4) is 0 Å². The number of hydrogen-bond donors (Lipinski definition) is 1. The Labute approximate surface area is 147 Å². The average molecular weight is 347 g/mol. The van der Waals surface area contributed by atoms with Crippen LogP contribution in [-0.2, 0) is 13.1 Å². The predicted octanol–water partition coefficient (Wildman–Crippen LogP) is 3.12. The zero-order valence-corrected chi connectivity index (χ0v) is 15.2. The molecule has 7 heteroatoms. The summed E-state index contributed by atoms with van der Waals surface area (Å²) in [6, 6.07) is 7.26. The topological polar surface area (TPSA) is 76.8 Å². The Bertz CT molecular complexity index is 699. The smallest absolute Gasteiger partial charge is 0.317 e. The van der Waals surface area contributed by atoms with Crippen LogP contribution in [0.25, 0.3) is 0 Å². The normalized spacial score (nSPS) is 10.4. The zero-order chi connectivity index (χ0) is 18.2. The van der Waals surface area contributed by atoms with E-state index in [2.05, 4.69) is 10.5 Å². The van der Waals surface area contributed by atoms with Crippen molar-refractivity contribution in [3.63, 3.8) is 0 Å². The van der Waals surface area contributed by atoms with Gasteiger partial charge in [-0.05, 0) is 31.0 Å². The largest absolute Gasteiger partial charge is 0.493 e. The highest BCUT2D eigenvalue weighted by Gasteiger charge is 2.12. The first-order valence-corrected chi connectivity index (χ1v) is 8.24. The van der Waals surface area contributed by atoms with Gasteiger partial charge in [0.1, 0.15) is 11.5 Å². The maximum absolute atomic E-state index is 12.2. The van der Waals surface area contributed by atoms with Gasteiger partial charge in [-0.2, -0.15) is 0 Å². The predicted molar refractivity (Wildman–Crippen MR) is 93.7 cm³/mol. The van der Waals surface area contributed by atoms with Crippen LogP contribution in [0, 0.1) is 6.92 Å². The molecule has 0 radical (unpaired) electrons. The molecule has 0 aliphatic heterocycles. The van der Waals surface area contributed by atoms with Crippen molar-refractivity contribution in [2.24, 2.45) is 0 Å². The molecular formula is C18H25N3O4. The second kappa shape index (κ2) is 8.96. The molecule has 0 atom stereocenters. The van der Waals surface area contributed by atoms with Crippen LogP contribution in [0.4, 0.5) is 4.79 Å². The number of nitrogens with zero attached hydrogens (tertiary/aromatic N) is 2. The van der Waals surface area contributed by atoms with Crippen molar-refractivity contribution in [3.05, 3.63) is 41.3 Å². The van der Waals surface area contributed by atoms with Crippen molar-refractivity contribution >= 4 is 6.03 Å². The molecule has 25 heavy (non-hydrogen) atoms. The molecule has 0 saturated carbocycles. The molecule has 0 bridgehead atoms. The lowest BCUT2D eigenvalue weighted by Gasteiger charge is -2.17. The minimum atomic E-state index is -0.189. The molecule has 136 valence electrons. The molecule has 0 saturated heterocycles. The molecule has 2 aromatic rings. The van der Waals surface area contributed by atoms with E-state index in [1.165, 1.54) is 0 Å². The number of carbonyl (C=O) groups is 1. The quantitative estimate of drug-likeness (QED) is 0.794. The van der Waals surface area contributed by atoms with E-state index in [9.17, 15) is 4.79 Å². The van der Waals surface area contributed by atoms with Crippen LogP contribution >= 0.6 is 0 Å². The summed E-state index contributed by atoms with van der Waals surface area (Å²) in [5.74, 6) is 2.09. The molecule has 7 nitrogen and oxygen atoms in total. The van der Waals surface area contributed by atoms with E-state index in [0.717, 1.165) is 17.7 Å². The maximum Gasteiger partial charge on any atom is 0.317 e. The first-order chi connectivity index (χ1) is 12.0. The maximum atomic E-state index is 12.2. The summed E-state index contributed by atoms with van der Waals surface area (Å²) < 4.78 is 16.0. The van der Waals surface area contributed by atoms with Gasteiger partial charge in [0.05, 0.1) is 20.3 Å². The van der Waals surface area contributed by atoms with E-state index in [-0.39, 0.29) is 6.03 Å². The molecule has 0 unspecified atom stereocenters. The molecule has 0 fully saturated rings. The monoisotopic (exact) mass is 347 g/mol. The molecule has 1 aromatic carbocycles. The molecule has 1 N–H and O–H groups in total. The second-order valence-electron chi connectivity index (χ2n) is 5.78. The summed E-state index contributed by atoms with van der Waals surface area (Å²) in [6.07, 6.45) is 0.929. The number of amides is 2. The minimum Gasteiger partial charge on any atom is -0.493 e. The molecular weight excluding hydrogens is 322 g/mol. The van der Waals surface area contributed by atoms with Gasteiger partial charge in [0.25, 0.3) is 0 Å². The van der Waals surface area contributed by atoms with Crippen molar-refractivity contribution in [1.29, 1.82) is 0 Å². The molecule has 0 spiro atoms. The third-order valence-electron chi connectivity index (χ3n) is 3.56. The van der Waals surface area contributed by atoms with Gasteiger partial charge in [-0.3, -0.25) is 0 Å². The Balaban J connectivity index is 1.90. The summed E-state index contributed by atoms with van der Waals surface area (Å²) in [6.45, 7) is 5.28. The van der Waals surface area contributed by atoms with Gasteiger partial charge in [-0.1, -0.05) is 18.1 Å². The van der Waals surface area contributed by atoms with Gasteiger partial charge < -0.3 is 24.2 Å². The summed E-state index contributed by atoms with van der Waals surface area (Å²) in [5.41, 5.74) is 1.65. The zero-order valence-electron chi connectivity index (χ0n) is 15.2. The molecule has 1 aromatic heterocycles. The van der Waals surface area contributed by atoms with Gasteiger partial charge >= 0.3 is 6.03 Å². The van der Waals surface area contributed by atoms with E-state index in [0.29, 0.717) is 36.9 Å². The van der Waals surface area contributed by atoms with E-state index in [1.807, 2.05) is 38.1 Å². The van der Waals surface area contributed by atoms with Crippen LogP contribution in [0.2, 0.25) is 0 Å². The number of carbonyl (C=O) groups excluding carboxylic acids is 1. The van der Waals surface area contributed by atoms with Crippen molar-refractivity contribution in [2.45, 2.75) is 33.4 Å². The lowest BCUT2D eigenvalue weighted by Crippen LogP contribution is -2.36. The van der Waals surface area contributed by atoms with E-state index in [4.69, 9.17) is 14.0 Å². The summed E-state index contributed by atoms with van der Waals surface area (Å²) in [5, 5.41) is 6.76.